The summed E-state index contributed by atoms with van der Waals surface area (Å²) in [6.45, 7) is 6.48. The summed E-state index contributed by atoms with van der Waals surface area (Å²) < 4.78 is 1.95. The van der Waals surface area contributed by atoms with Gasteiger partial charge in [0.05, 0.1) is 0 Å². The van der Waals surface area contributed by atoms with Gasteiger partial charge in [-0.3, -0.25) is 10.1 Å². The summed E-state index contributed by atoms with van der Waals surface area (Å²) in [5, 5.41) is 13.1. The Hall–Kier alpha value is -2.21. The molecule has 3 aromatic rings. The average Bonchev–Trinajstić information content (AvgIpc) is 3.05. The summed E-state index contributed by atoms with van der Waals surface area (Å²) in [6, 6.07) is 8.43. The van der Waals surface area contributed by atoms with Crippen molar-refractivity contribution in [3.63, 3.8) is 0 Å². The molecular formula is C16H18N4OS. The Bertz CT molecular complexity index is 819. The highest BCUT2D eigenvalue weighted by Gasteiger charge is 2.10. The lowest BCUT2D eigenvalue weighted by Crippen LogP contribution is -2.18. The molecule has 0 fully saturated rings. The number of aromatic nitrogens is 3. The quantitative estimate of drug-likeness (QED) is 0.801. The number of amides is 1. The van der Waals surface area contributed by atoms with Crippen LogP contribution in [0.15, 0.2) is 30.5 Å². The van der Waals surface area contributed by atoms with Crippen LogP contribution in [0.4, 0.5) is 5.13 Å². The molecule has 0 unspecified atom stereocenters. The molecule has 3 rings (SSSR count). The van der Waals surface area contributed by atoms with E-state index in [0.717, 1.165) is 15.9 Å². The van der Waals surface area contributed by atoms with Gasteiger partial charge >= 0.3 is 0 Å². The number of anilines is 1. The lowest BCUT2D eigenvalue weighted by atomic mass is 10.0. The number of aryl methyl sites for hydroxylation is 1. The Morgan fingerprint density at radius 1 is 1.32 bits per heavy atom. The summed E-state index contributed by atoms with van der Waals surface area (Å²) in [4.78, 5) is 12.1. The maximum atomic E-state index is 12.1. The fraction of sp³-hybridized carbons (Fsp3) is 0.312. The van der Waals surface area contributed by atoms with Gasteiger partial charge in [-0.1, -0.05) is 31.3 Å². The summed E-state index contributed by atoms with van der Waals surface area (Å²) in [5.74, 6) is 0.401. The van der Waals surface area contributed by atoms with Crippen LogP contribution in [0.2, 0.25) is 0 Å². The number of fused-ring (bicyclic) bond motifs is 1. The van der Waals surface area contributed by atoms with Crippen molar-refractivity contribution < 1.29 is 4.79 Å². The van der Waals surface area contributed by atoms with Crippen LogP contribution < -0.4 is 5.32 Å². The minimum atomic E-state index is -0.0958. The van der Waals surface area contributed by atoms with Crippen molar-refractivity contribution in [2.75, 3.05) is 5.32 Å². The second-order valence-electron chi connectivity index (χ2n) is 5.59. The van der Waals surface area contributed by atoms with Crippen LogP contribution in [0.3, 0.4) is 0 Å². The van der Waals surface area contributed by atoms with Crippen molar-refractivity contribution in [3.05, 3.63) is 41.0 Å². The van der Waals surface area contributed by atoms with Crippen molar-refractivity contribution in [1.29, 1.82) is 0 Å². The molecule has 0 aliphatic carbocycles. The predicted molar refractivity (Wildman–Crippen MR) is 89.3 cm³/mol. The Morgan fingerprint density at radius 3 is 2.82 bits per heavy atom. The van der Waals surface area contributed by atoms with Gasteiger partial charge in [-0.15, -0.1) is 10.2 Å². The van der Waals surface area contributed by atoms with Crippen LogP contribution in [0.1, 0.15) is 30.3 Å². The van der Waals surface area contributed by atoms with E-state index in [1.165, 1.54) is 16.9 Å². The Labute approximate surface area is 133 Å². The van der Waals surface area contributed by atoms with Gasteiger partial charge in [-0.25, -0.2) is 0 Å². The molecule has 1 N–H and O–H groups in total. The molecule has 6 heteroatoms. The Kier molecular flexibility index (Phi) is 3.94. The van der Waals surface area contributed by atoms with Crippen molar-refractivity contribution in [3.8, 4) is 0 Å². The topological polar surface area (TPSA) is 59.8 Å². The largest absolute Gasteiger partial charge is 0.338 e. The zero-order valence-electron chi connectivity index (χ0n) is 12.8. The van der Waals surface area contributed by atoms with E-state index in [2.05, 4.69) is 47.6 Å². The maximum Gasteiger partial charge on any atom is 0.246 e. The van der Waals surface area contributed by atoms with Gasteiger partial charge in [0, 0.05) is 11.7 Å². The number of carbonyl (C=O) groups excluding carboxylic acids is 1. The van der Waals surface area contributed by atoms with Crippen LogP contribution in [0.25, 0.3) is 10.9 Å². The van der Waals surface area contributed by atoms with Gasteiger partial charge in [0.2, 0.25) is 11.0 Å². The van der Waals surface area contributed by atoms with Crippen LogP contribution >= 0.6 is 11.3 Å². The van der Waals surface area contributed by atoms with E-state index in [9.17, 15) is 4.79 Å². The van der Waals surface area contributed by atoms with Crippen LogP contribution in [0, 0.1) is 6.92 Å². The second kappa shape index (κ2) is 5.88. The summed E-state index contributed by atoms with van der Waals surface area (Å²) in [5.41, 5.74) is 2.37. The van der Waals surface area contributed by atoms with Gasteiger partial charge in [-0.2, -0.15) is 0 Å². The molecule has 1 aromatic carbocycles. The summed E-state index contributed by atoms with van der Waals surface area (Å²) in [7, 11) is 0. The fourth-order valence-electron chi connectivity index (χ4n) is 2.38. The van der Waals surface area contributed by atoms with Crippen LogP contribution in [-0.2, 0) is 11.3 Å². The monoisotopic (exact) mass is 314 g/mol. The smallest absolute Gasteiger partial charge is 0.246 e. The van der Waals surface area contributed by atoms with Crippen molar-refractivity contribution in [2.24, 2.45) is 0 Å². The molecule has 0 atom stereocenters. The van der Waals surface area contributed by atoms with E-state index in [1.807, 2.05) is 23.8 Å². The predicted octanol–water partition coefficient (Wildman–Crippen LogP) is 3.56. The number of nitrogens with zero attached hydrogens (tertiary/aromatic N) is 3. The van der Waals surface area contributed by atoms with E-state index < -0.39 is 0 Å². The van der Waals surface area contributed by atoms with Crippen LogP contribution in [-0.4, -0.2) is 20.7 Å². The van der Waals surface area contributed by atoms with Gasteiger partial charge in [0.1, 0.15) is 11.6 Å². The molecule has 0 aliphatic heterocycles. The lowest BCUT2D eigenvalue weighted by Gasteiger charge is -2.08. The van der Waals surface area contributed by atoms with E-state index >= 15 is 0 Å². The first-order valence-corrected chi connectivity index (χ1v) is 8.03. The summed E-state index contributed by atoms with van der Waals surface area (Å²) >= 11 is 1.37. The molecule has 1 amide bonds. The zero-order chi connectivity index (χ0) is 15.7. The maximum absolute atomic E-state index is 12.1. The normalized spacial score (nSPS) is 11.3. The van der Waals surface area contributed by atoms with Crippen molar-refractivity contribution in [2.45, 2.75) is 33.2 Å². The second-order valence-corrected chi connectivity index (χ2v) is 6.77. The molecule has 22 heavy (non-hydrogen) atoms. The van der Waals surface area contributed by atoms with Gasteiger partial charge in [0.15, 0.2) is 0 Å². The highest BCUT2D eigenvalue weighted by atomic mass is 32.1. The average molecular weight is 314 g/mol. The third-order valence-corrected chi connectivity index (χ3v) is 4.30. The Morgan fingerprint density at radius 2 is 2.14 bits per heavy atom. The number of benzene rings is 1. The third kappa shape index (κ3) is 3.01. The van der Waals surface area contributed by atoms with Gasteiger partial charge < -0.3 is 4.57 Å². The van der Waals surface area contributed by atoms with Crippen LogP contribution in [0.5, 0.6) is 0 Å². The molecule has 0 saturated carbocycles. The van der Waals surface area contributed by atoms with Gasteiger partial charge in [0.25, 0.3) is 0 Å². The first-order chi connectivity index (χ1) is 10.5. The van der Waals surface area contributed by atoms with E-state index in [-0.39, 0.29) is 12.5 Å². The number of hydrogen-bond donors (Lipinski definition) is 1. The highest BCUT2D eigenvalue weighted by Crippen LogP contribution is 2.22. The molecule has 0 saturated heterocycles. The minimum Gasteiger partial charge on any atom is -0.338 e. The first kappa shape index (κ1) is 14.7. The Balaban J connectivity index is 1.77. The standard InChI is InChI=1S/C16H18N4OS/c1-10(2)12-4-5-14-13(8-12)6-7-20(14)9-15(21)17-16-19-18-11(3)22-16/h4-8,10H,9H2,1-3H3,(H,17,19,21). The van der Waals surface area contributed by atoms with E-state index in [1.54, 1.807) is 0 Å². The molecule has 0 spiro atoms. The molecule has 114 valence electrons. The van der Waals surface area contributed by atoms with Crippen molar-refractivity contribution in [1.82, 2.24) is 14.8 Å². The molecule has 2 heterocycles. The number of carbonyl (C=O) groups is 1. The van der Waals surface area contributed by atoms with E-state index in [0.29, 0.717) is 11.0 Å². The molecular weight excluding hydrogens is 296 g/mol. The first-order valence-electron chi connectivity index (χ1n) is 7.21. The molecule has 0 radical (unpaired) electrons. The number of nitrogens with one attached hydrogen (secondary N) is 1. The third-order valence-electron chi connectivity index (χ3n) is 3.55. The minimum absolute atomic E-state index is 0.0958. The number of rotatable bonds is 4. The molecule has 0 aliphatic rings. The van der Waals surface area contributed by atoms with E-state index in [4.69, 9.17) is 0 Å². The molecule has 5 nitrogen and oxygen atoms in total. The lowest BCUT2D eigenvalue weighted by molar-refractivity contribution is -0.116. The molecule has 2 aromatic heterocycles. The molecule has 0 bridgehead atoms. The highest BCUT2D eigenvalue weighted by molar-refractivity contribution is 7.15. The van der Waals surface area contributed by atoms with Crippen molar-refractivity contribution >= 4 is 33.3 Å². The summed E-state index contributed by atoms with van der Waals surface area (Å²) in [6.07, 6.45) is 1.94. The van der Waals surface area contributed by atoms with Gasteiger partial charge in [-0.05, 0) is 42.0 Å². The fourth-order valence-corrected chi connectivity index (χ4v) is 2.98. The SMILES string of the molecule is Cc1nnc(NC(=O)Cn2ccc3cc(C(C)C)ccc32)s1. The number of hydrogen-bond acceptors (Lipinski definition) is 4. The zero-order valence-corrected chi connectivity index (χ0v) is 13.6.